The number of rotatable bonds is 4. The molecule has 2 rings (SSSR count). The molecule has 16 heavy (non-hydrogen) atoms. The van der Waals surface area contributed by atoms with E-state index < -0.39 is 9.84 Å². The van der Waals surface area contributed by atoms with Crippen molar-refractivity contribution in [1.29, 1.82) is 0 Å². The third kappa shape index (κ3) is 3.23. The van der Waals surface area contributed by atoms with E-state index in [9.17, 15) is 8.42 Å². The summed E-state index contributed by atoms with van der Waals surface area (Å²) in [6, 6.07) is 3.50. The van der Waals surface area contributed by atoms with Gasteiger partial charge in [0.05, 0.1) is 18.1 Å². The lowest BCUT2D eigenvalue weighted by atomic mass is 10.1. The standard InChI is InChI=1S/C10H14ClNO3S/c11-10-2-1-9(15-10)6-12-5-8-3-4-16(13,14)7-8/h1-2,8,12H,3-7H2. The summed E-state index contributed by atoms with van der Waals surface area (Å²) < 4.78 is 27.6. The highest BCUT2D eigenvalue weighted by Gasteiger charge is 2.27. The van der Waals surface area contributed by atoms with Crippen molar-refractivity contribution in [2.75, 3.05) is 18.1 Å². The van der Waals surface area contributed by atoms with Gasteiger partial charge >= 0.3 is 0 Å². The molecule has 1 aliphatic heterocycles. The van der Waals surface area contributed by atoms with Crippen molar-refractivity contribution in [2.24, 2.45) is 5.92 Å². The summed E-state index contributed by atoms with van der Waals surface area (Å²) in [4.78, 5) is 0. The van der Waals surface area contributed by atoms with E-state index in [2.05, 4.69) is 5.32 Å². The third-order valence-corrected chi connectivity index (χ3v) is 4.73. The van der Waals surface area contributed by atoms with Gasteiger partial charge in [-0.2, -0.15) is 0 Å². The molecule has 1 atom stereocenters. The highest BCUT2D eigenvalue weighted by atomic mass is 35.5. The van der Waals surface area contributed by atoms with Crippen LogP contribution in [0.25, 0.3) is 0 Å². The van der Waals surface area contributed by atoms with Crippen molar-refractivity contribution >= 4 is 21.4 Å². The lowest BCUT2D eigenvalue weighted by Gasteiger charge is -2.07. The molecule has 1 saturated heterocycles. The average Bonchev–Trinajstić information content (AvgIpc) is 2.73. The predicted octanol–water partition coefficient (Wildman–Crippen LogP) is 1.46. The van der Waals surface area contributed by atoms with Crippen molar-refractivity contribution in [3.05, 3.63) is 23.1 Å². The van der Waals surface area contributed by atoms with Gasteiger partial charge in [-0.3, -0.25) is 0 Å². The first-order chi connectivity index (χ1) is 7.55. The van der Waals surface area contributed by atoms with Gasteiger partial charge in [-0.15, -0.1) is 0 Å². The summed E-state index contributed by atoms with van der Waals surface area (Å²) in [6.07, 6.45) is 0.758. The Morgan fingerprint density at radius 1 is 1.50 bits per heavy atom. The molecule has 1 fully saturated rings. The minimum Gasteiger partial charge on any atom is -0.448 e. The van der Waals surface area contributed by atoms with Crippen molar-refractivity contribution in [3.63, 3.8) is 0 Å². The van der Waals surface area contributed by atoms with Gasteiger partial charge in [0.15, 0.2) is 15.1 Å². The van der Waals surface area contributed by atoms with Crippen LogP contribution in [0.15, 0.2) is 16.5 Å². The molecular formula is C10H14ClNO3S. The zero-order chi connectivity index (χ0) is 11.6. The largest absolute Gasteiger partial charge is 0.448 e. The van der Waals surface area contributed by atoms with E-state index in [0.717, 1.165) is 12.2 Å². The molecule has 4 nitrogen and oxygen atoms in total. The fraction of sp³-hybridized carbons (Fsp3) is 0.600. The molecular weight excluding hydrogens is 250 g/mol. The quantitative estimate of drug-likeness (QED) is 0.893. The first-order valence-electron chi connectivity index (χ1n) is 5.20. The molecule has 1 aromatic rings. The minimum absolute atomic E-state index is 0.232. The maximum atomic E-state index is 11.2. The van der Waals surface area contributed by atoms with Gasteiger partial charge < -0.3 is 9.73 Å². The van der Waals surface area contributed by atoms with Crippen molar-refractivity contribution in [2.45, 2.75) is 13.0 Å². The van der Waals surface area contributed by atoms with Gasteiger partial charge in [-0.1, -0.05) is 0 Å². The number of furan rings is 1. The zero-order valence-corrected chi connectivity index (χ0v) is 10.4. The molecule has 1 unspecified atom stereocenters. The Balaban J connectivity index is 1.73. The summed E-state index contributed by atoms with van der Waals surface area (Å²) in [7, 11) is -2.77. The van der Waals surface area contributed by atoms with E-state index in [4.69, 9.17) is 16.0 Å². The Hall–Kier alpha value is -0.520. The van der Waals surface area contributed by atoms with Crippen LogP contribution in [0.4, 0.5) is 0 Å². The van der Waals surface area contributed by atoms with Crippen LogP contribution in [0.1, 0.15) is 12.2 Å². The zero-order valence-electron chi connectivity index (χ0n) is 8.78. The molecule has 1 aromatic heterocycles. The highest BCUT2D eigenvalue weighted by Crippen LogP contribution is 2.18. The molecule has 2 heterocycles. The van der Waals surface area contributed by atoms with Crippen molar-refractivity contribution in [3.8, 4) is 0 Å². The highest BCUT2D eigenvalue weighted by molar-refractivity contribution is 7.91. The van der Waals surface area contributed by atoms with E-state index >= 15 is 0 Å². The van der Waals surface area contributed by atoms with Crippen LogP contribution in [-0.4, -0.2) is 26.5 Å². The van der Waals surface area contributed by atoms with Crippen LogP contribution in [0.5, 0.6) is 0 Å². The van der Waals surface area contributed by atoms with Crippen LogP contribution < -0.4 is 5.32 Å². The first-order valence-corrected chi connectivity index (χ1v) is 7.40. The van der Waals surface area contributed by atoms with Gasteiger partial charge in [0, 0.05) is 0 Å². The summed E-state index contributed by atoms with van der Waals surface area (Å²) in [5.74, 6) is 1.63. The Morgan fingerprint density at radius 2 is 2.31 bits per heavy atom. The molecule has 0 saturated carbocycles. The normalized spacial score (nSPS) is 23.7. The van der Waals surface area contributed by atoms with E-state index in [1.807, 2.05) is 0 Å². The molecule has 0 bridgehead atoms. The molecule has 0 aliphatic carbocycles. The first kappa shape index (κ1) is 12.0. The Labute approximate surface area is 99.9 Å². The molecule has 0 radical (unpaired) electrons. The van der Waals surface area contributed by atoms with E-state index in [-0.39, 0.29) is 5.92 Å². The number of halogens is 1. The summed E-state index contributed by atoms with van der Waals surface area (Å²) >= 11 is 5.63. The number of hydrogen-bond acceptors (Lipinski definition) is 4. The SMILES string of the molecule is O=S1(=O)CCC(CNCc2ccc(Cl)o2)C1. The second kappa shape index (κ2) is 4.77. The second-order valence-corrected chi connectivity index (χ2v) is 6.71. The topological polar surface area (TPSA) is 59.3 Å². The monoisotopic (exact) mass is 263 g/mol. The van der Waals surface area contributed by atoms with Crippen LogP contribution in [0.2, 0.25) is 5.22 Å². The summed E-state index contributed by atoms with van der Waals surface area (Å²) in [5.41, 5.74) is 0. The smallest absolute Gasteiger partial charge is 0.193 e. The lowest BCUT2D eigenvalue weighted by Crippen LogP contribution is -2.23. The van der Waals surface area contributed by atoms with Crippen LogP contribution >= 0.6 is 11.6 Å². The molecule has 0 spiro atoms. The van der Waals surface area contributed by atoms with E-state index in [0.29, 0.717) is 29.8 Å². The van der Waals surface area contributed by atoms with Gasteiger partial charge in [0.1, 0.15) is 5.76 Å². The summed E-state index contributed by atoms with van der Waals surface area (Å²) in [6.45, 7) is 1.29. The number of hydrogen-bond donors (Lipinski definition) is 1. The minimum atomic E-state index is -2.77. The predicted molar refractivity (Wildman–Crippen MR) is 62.2 cm³/mol. The maximum absolute atomic E-state index is 11.2. The van der Waals surface area contributed by atoms with Crippen LogP contribution in [-0.2, 0) is 16.4 Å². The number of sulfone groups is 1. The fourth-order valence-corrected chi connectivity index (χ4v) is 3.90. The molecule has 6 heteroatoms. The van der Waals surface area contributed by atoms with Crippen molar-refractivity contribution < 1.29 is 12.8 Å². The second-order valence-electron chi connectivity index (χ2n) is 4.11. The average molecular weight is 264 g/mol. The maximum Gasteiger partial charge on any atom is 0.193 e. The van der Waals surface area contributed by atoms with E-state index in [1.54, 1.807) is 12.1 Å². The Bertz CT molecular complexity index is 454. The number of nitrogens with one attached hydrogen (secondary N) is 1. The van der Waals surface area contributed by atoms with Gasteiger partial charge in [-0.05, 0) is 42.6 Å². The van der Waals surface area contributed by atoms with Crippen molar-refractivity contribution in [1.82, 2.24) is 5.32 Å². The van der Waals surface area contributed by atoms with Crippen LogP contribution in [0, 0.1) is 5.92 Å². The molecule has 1 aliphatic rings. The van der Waals surface area contributed by atoms with Gasteiger partial charge in [-0.25, -0.2) is 8.42 Å². The third-order valence-electron chi connectivity index (χ3n) is 2.69. The molecule has 90 valence electrons. The molecule has 1 N–H and O–H groups in total. The van der Waals surface area contributed by atoms with E-state index in [1.165, 1.54) is 0 Å². The Kier molecular flexibility index (Phi) is 3.56. The van der Waals surface area contributed by atoms with Crippen LogP contribution in [0.3, 0.4) is 0 Å². The van der Waals surface area contributed by atoms with Gasteiger partial charge in [0.2, 0.25) is 0 Å². The fourth-order valence-electron chi connectivity index (χ4n) is 1.88. The summed E-state index contributed by atoms with van der Waals surface area (Å²) in [5, 5.41) is 3.55. The molecule has 0 amide bonds. The lowest BCUT2D eigenvalue weighted by molar-refractivity contribution is 0.457. The Morgan fingerprint density at radius 3 is 2.88 bits per heavy atom. The van der Waals surface area contributed by atoms with Gasteiger partial charge in [0.25, 0.3) is 0 Å². The molecule has 0 aromatic carbocycles.